The number of ether oxygens (including phenoxy) is 1. The van der Waals surface area contributed by atoms with Crippen molar-refractivity contribution in [1.29, 1.82) is 0 Å². The lowest BCUT2D eigenvalue weighted by atomic mass is 10.0. The molecule has 0 saturated carbocycles. The van der Waals surface area contributed by atoms with E-state index in [1.54, 1.807) is 13.2 Å². The zero-order valence-corrected chi connectivity index (χ0v) is 18.0. The number of benzene rings is 2. The first-order valence-electron chi connectivity index (χ1n) is 10.8. The fraction of sp³-hybridized carbons (Fsp3) is 0.375. The Hall–Kier alpha value is -3.19. The van der Waals surface area contributed by atoms with Gasteiger partial charge >= 0.3 is 0 Å². The van der Waals surface area contributed by atoms with Gasteiger partial charge in [0.25, 0.3) is 0 Å². The van der Waals surface area contributed by atoms with Crippen LogP contribution in [0.25, 0.3) is 11.5 Å². The normalized spacial score (nSPS) is 15.4. The molecule has 0 bridgehead atoms. The maximum absolute atomic E-state index is 13.5. The molecule has 0 unspecified atom stereocenters. The van der Waals surface area contributed by atoms with Crippen LogP contribution >= 0.6 is 0 Å². The highest BCUT2D eigenvalue weighted by molar-refractivity contribution is 5.97. The molecule has 0 aliphatic carbocycles. The van der Waals surface area contributed by atoms with Crippen molar-refractivity contribution in [3.63, 3.8) is 0 Å². The summed E-state index contributed by atoms with van der Waals surface area (Å²) < 4.78 is 11.2. The van der Waals surface area contributed by atoms with Gasteiger partial charge in [0.2, 0.25) is 17.7 Å². The van der Waals surface area contributed by atoms with Crippen LogP contribution in [0, 0.1) is 0 Å². The fourth-order valence-corrected chi connectivity index (χ4v) is 3.99. The largest absolute Gasteiger partial charge is 0.495 e. The SMILES string of the molecule is CCc1nnc(-c2ccc(OC)c(NC(=O)[C@H](c3ccccc3)N3CCCCC3)c2)o1. The first kappa shape index (κ1) is 21.1. The van der Waals surface area contributed by atoms with Gasteiger partial charge in [0.1, 0.15) is 11.8 Å². The molecule has 1 aliphatic rings. The number of aryl methyl sites for hydroxylation is 1. The number of nitrogens with one attached hydrogen (secondary N) is 1. The average molecular weight is 421 g/mol. The van der Waals surface area contributed by atoms with Crippen molar-refractivity contribution >= 4 is 11.6 Å². The number of hydrogen-bond donors (Lipinski definition) is 1. The zero-order chi connectivity index (χ0) is 21.6. The van der Waals surface area contributed by atoms with Crippen LogP contribution < -0.4 is 10.1 Å². The molecule has 1 saturated heterocycles. The topological polar surface area (TPSA) is 80.5 Å². The molecule has 1 amide bonds. The number of likely N-dealkylation sites (tertiary alicyclic amines) is 1. The quantitative estimate of drug-likeness (QED) is 0.607. The predicted molar refractivity (Wildman–Crippen MR) is 119 cm³/mol. The first-order chi connectivity index (χ1) is 15.2. The van der Waals surface area contributed by atoms with Gasteiger partial charge in [-0.05, 0) is 49.7 Å². The summed E-state index contributed by atoms with van der Waals surface area (Å²) in [4.78, 5) is 15.8. The second kappa shape index (κ2) is 9.75. The molecular weight excluding hydrogens is 392 g/mol. The molecule has 1 aromatic heterocycles. The van der Waals surface area contributed by atoms with Crippen LogP contribution in [-0.4, -0.2) is 41.2 Å². The van der Waals surface area contributed by atoms with Crippen molar-refractivity contribution < 1.29 is 13.9 Å². The summed E-state index contributed by atoms with van der Waals surface area (Å²) in [6.45, 7) is 3.78. The molecule has 1 fully saturated rings. The van der Waals surface area contributed by atoms with Gasteiger partial charge in [0.15, 0.2) is 0 Å². The molecule has 2 aromatic carbocycles. The smallest absolute Gasteiger partial charge is 0.247 e. The minimum absolute atomic E-state index is 0.0803. The Morgan fingerprint density at radius 1 is 1.13 bits per heavy atom. The van der Waals surface area contributed by atoms with E-state index in [-0.39, 0.29) is 11.9 Å². The third-order valence-electron chi connectivity index (χ3n) is 5.59. The van der Waals surface area contributed by atoms with E-state index in [2.05, 4.69) is 20.4 Å². The number of amides is 1. The van der Waals surface area contributed by atoms with Gasteiger partial charge in [-0.15, -0.1) is 10.2 Å². The maximum atomic E-state index is 13.5. The number of piperidine rings is 1. The summed E-state index contributed by atoms with van der Waals surface area (Å²) in [5, 5.41) is 11.2. The van der Waals surface area contributed by atoms with Crippen LogP contribution in [0.1, 0.15) is 43.7 Å². The van der Waals surface area contributed by atoms with Crippen LogP contribution in [0.2, 0.25) is 0 Å². The Bertz CT molecular complexity index is 1010. The van der Waals surface area contributed by atoms with Crippen LogP contribution in [-0.2, 0) is 11.2 Å². The van der Waals surface area contributed by atoms with E-state index in [1.807, 2.05) is 49.4 Å². The van der Waals surface area contributed by atoms with Gasteiger partial charge in [-0.3, -0.25) is 9.69 Å². The molecule has 7 nitrogen and oxygen atoms in total. The molecule has 31 heavy (non-hydrogen) atoms. The van der Waals surface area contributed by atoms with Crippen molar-refractivity contribution in [1.82, 2.24) is 15.1 Å². The molecular formula is C24H28N4O3. The van der Waals surface area contributed by atoms with E-state index in [4.69, 9.17) is 9.15 Å². The highest BCUT2D eigenvalue weighted by atomic mass is 16.5. The minimum atomic E-state index is -0.357. The second-order valence-electron chi connectivity index (χ2n) is 7.67. The summed E-state index contributed by atoms with van der Waals surface area (Å²) in [7, 11) is 1.59. The molecule has 1 atom stereocenters. The van der Waals surface area contributed by atoms with Gasteiger partial charge in [-0.2, -0.15) is 0 Å². The number of rotatable bonds is 7. The average Bonchev–Trinajstić information content (AvgIpc) is 3.30. The van der Waals surface area contributed by atoms with Gasteiger partial charge in [0, 0.05) is 12.0 Å². The molecule has 0 spiro atoms. The van der Waals surface area contributed by atoms with Gasteiger partial charge in [-0.1, -0.05) is 43.7 Å². The Balaban J connectivity index is 1.63. The lowest BCUT2D eigenvalue weighted by Crippen LogP contribution is -2.40. The Morgan fingerprint density at radius 3 is 2.58 bits per heavy atom. The summed E-state index contributed by atoms with van der Waals surface area (Å²) in [5.74, 6) is 1.50. The van der Waals surface area contributed by atoms with E-state index in [0.29, 0.717) is 29.6 Å². The van der Waals surface area contributed by atoms with Crippen molar-refractivity contribution in [3.8, 4) is 17.2 Å². The number of carbonyl (C=O) groups is 1. The van der Waals surface area contributed by atoms with E-state index >= 15 is 0 Å². The van der Waals surface area contributed by atoms with Crippen LogP contribution in [0.5, 0.6) is 5.75 Å². The van der Waals surface area contributed by atoms with Crippen LogP contribution in [0.3, 0.4) is 0 Å². The summed E-state index contributed by atoms with van der Waals surface area (Å²) in [5.41, 5.74) is 2.30. The molecule has 1 aliphatic heterocycles. The van der Waals surface area contributed by atoms with E-state index in [0.717, 1.165) is 37.1 Å². The Labute approximate surface area is 182 Å². The van der Waals surface area contributed by atoms with Crippen LogP contribution in [0.4, 0.5) is 5.69 Å². The molecule has 7 heteroatoms. The summed E-state index contributed by atoms with van der Waals surface area (Å²) in [6, 6.07) is 15.1. The molecule has 1 N–H and O–H groups in total. The molecule has 4 rings (SSSR count). The van der Waals surface area contributed by atoms with Crippen molar-refractivity contribution in [2.75, 3.05) is 25.5 Å². The predicted octanol–water partition coefficient (Wildman–Crippen LogP) is 4.47. The minimum Gasteiger partial charge on any atom is -0.495 e. The van der Waals surface area contributed by atoms with Gasteiger partial charge in [0.05, 0.1) is 12.8 Å². The molecule has 0 radical (unpaired) electrons. The Morgan fingerprint density at radius 2 is 1.90 bits per heavy atom. The van der Waals surface area contributed by atoms with Crippen molar-refractivity contribution in [2.24, 2.45) is 0 Å². The fourth-order valence-electron chi connectivity index (χ4n) is 3.99. The van der Waals surface area contributed by atoms with E-state index in [9.17, 15) is 4.79 Å². The number of aromatic nitrogens is 2. The van der Waals surface area contributed by atoms with E-state index < -0.39 is 0 Å². The van der Waals surface area contributed by atoms with Crippen molar-refractivity contribution in [3.05, 3.63) is 60.0 Å². The van der Waals surface area contributed by atoms with Gasteiger partial charge in [-0.25, -0.2) is 0 Å². The number of anilines is 1. The highest BCUT2D eigenvalue weighted by Crippen LogP contribution is 2.32. The number of nitrogens with zero attached hydrogens (tertiary/aromatic N) is 3. The molecule has 162 valence electrons. The third-order valence-corrected chi connectivity index (χ3v) is 5.59. The zero-order valence-electron chi connectivity index (χ0n) is 18.0. The molecule has 2 heterocycles. The van der Waals surface area contributed by atoms with Crippen LogP contribution in [0.15, 0.2) is 52.9 Å². The van der Waals surface area contributed by atoms with Gasteiger partial charge < -0.3 is 14.5 Å². The number of carbonyl (C=O) groups excluding carboxylic acids is 1. The molecule has 3 aromatic rings. The monoisotopic (exact) mass is 420 g/mol. The third kappa shape index (κ3) is 4.77. The highest BCUT2D eigenvalue weighted by Gasteiger charge is 2.29. The maximum Gasteiger partial charge on any atom is 0.247 e. The van der Waals surface area contributed by atoms with Crippen molar-refractivity contribution in [2.45, 2.75) is 38.6 Å². The number of methoxy groups -OCH3 is 1. The first-order valence-corrected chi connectivity index (χ1v) is 10.8. The number of hydrogen-bond acceptors (Lipinski definition) is 6. The second-order valence-corrected chi connectivity index (χ2v) is 7.67. The Kier molecular flexibility index (Phi) is 6.62. The summed E-state index contributed by atoms with van der Waals surface area (Å²) >= 11 is 0. The van der Waals surface area contributed by atoms with E-state index in [1.165, 1.54) is 6.42 Å². The summed E-state index contributed by atoms with van der Waals surface area (Å²) in [6.07, 6.45) is 4.08. The lowest BCUT2D eigenvalue weighted by molar-refractivity contribution is -0.122. The lowest BCUT2D eigenvalue weighted by Gasteiger charge is -2.34. The standard InChI is InChI=1S/C24H28N4O3/c1-3-21-26-27-24(31-21)18-12-13-20(30-2)19(16-18)25-23(29)22(17-10-6-4-7-11-17)28-14-8-5-9-15-28/h4,6-7,10-13,16,22H,3,5,8-9,14-15H2,1-2H3,(H,25,29)/t22-/m0/s1.